The summed E-state index contributed by atoms with van der Waals surface area (Å²) < 4.78 is 30.1. The van der Waals surface area contributed by atoms with E-state index < -0.39 is 20.9 Å². The third-order valence-corrected chi connectivity index (χ3v) is 9.35. The third kappa shape index (κ3) is 5.21. The van der Waals surface area contributed by atoms with Gasteiger partial charge >= 0.3 is 0 Å². The number of fused-ring (bicyclic) bond motifs is 1. The Labute approximate surface area is 207 Å². The summed E-state index contributed by atoms with van der Waals surface area (Å²) >= 11 is 1.21. The lowest BCUT2D eigenvalue weighted by Gasteiger charge is -2.30. The number of aromatic nitrogens is 1. The molecule has 9 nitrogen and oxygen atoms in total. The van der Waals surface area contributed by atoms with Crippen molar-refractivity contribution in [2.75, 3.05) is 7.05 Å². The molecule has 1 fully saturated rings. The van der Waals surface area contributed by atoms with Gasteiger partial charge in [0.05, 0.1) is 20.0 Å². The fourth-order valence-corrected chi connectivity index (χ4v) is 6.93. The van der Waals surface area contributed by atoms with Gasteiger partial charge in [0.1, 0.15) is 0 Å². The molecule has 1 aliphatic carbocycles. The number of benzene rings is 2. The number of non-ortho nitro benzene ring substituents is 1. The van der Waals surface area contributed by atoms with E-state index in [4.69, 9.17) is 0 Å². The molecule has 0 atom stereocenters. The van der Waals surface area contributed by atoms with E-state index >= 15 is 0 Å². The van der Waals surface area contributed by atoms with Gasteiger partial charge in [0.15, 0.2) is 4.80 Å². The summed E-state index contributed by atoms with van der Waals surface area (Å²) in [6.07, 6.45) is 5.72. The highest BCUT2D eigenvalue weighted by Crippen LogP contribution is 2.27. The fourth-order valence-electron chi connectivity index (χ4n) is 4.43. The van der Waals surface area contributed by atoms with Gasteiger partial charge in [-0.1, -0.05) is 37.5 Å². The lowest BCUT2D eigenvalue weighted by atomic mass is 9.96. The summed E-state index contributed by atoms with van der Waals surface area (Å²) in [6, 6.07) is 10.5. The van der Waals surface area contributed by atoms with E-state index in [1.165, 1.54) is 52.0 Å². The number of thiazole rings is 1. The van der Waals surface area contributed by atoms with Crippen molar-refractivity contribution in [3.63, 3.8) is 0 Å². The number of nitrogens with zero attached hydrogens (tertiary/aromatic N) is 4. The Morgan fingerprint density at radius 1 is 1.17 bits per heavy atom. The van der Waals surface area contributed by atoms with Crippen LogP contribution in [0.4, 0.5) is 5.69 Å². The molecular formula is C24H28N4O5S2. The van der Waals surface area contributed by atoms with Crippen LogP contribution in [0.2, 0.25) is 0 Å². The zero-order valence-corrected chi connectivity index (χ0v) is 21.3. The molecule has 0 unspecified atom stereocenters. The summed E-state index contributed by atoms with van der Waals surface area (Å²) in [5.74, 6) is -0.500. The maximum Gasteiger partial charge on any atom is 0.279 e. The van der Waals surface area contributed by atoms with Gasteiger partial charge < -0.3 is 4.57 Å². The van der Waals surface area contributed by atoms with Gasteiger partial charge in [-0.3, -0.25) is 14.9 Å². The average Bonchev–Trinajstić information content (AvgIpc) is 3.20. The Balaban J connectivity index is 1.63. The molecule has 0 spiro atoms. The molecule has 35 heavy (non-hydrogen) atoms. The molecule has 1 aromatic heterocycles. The zero-order chi connectivity index (χ0) is 25.2. The van der Waals surface area contributed by atoms with Crippen LogP contribution in [0.3, 0.4) is 0 Å². The molecule has 0 radical (unpaired) electrons. The molecule has 3 aromatic rings. The van der Waals surface area contributed by atoms with Crippen LogP contribution in [-0.2, 0) is 16.6 Å². The fraction of sp³-hybridized carbons (Fsp3) is 0.417. The Bertz CT molecular complexity index is 1420. The molecule has 0 N–H and O–H groups in total. The van der Waals surface area contributed by atoms with Gasteiger partial charge in [-0.15, -0.1) is 0 Å². The zero-order valence-electron chi connectivity index (χ0n) is 19.7. The van der Waals surface area contributed by atoms with E-state index in [1.54, 1.807) is 13.1 Å². The molecule has 1 heterocycles. The van der Waals surface area contributed by atoms with E-state index in [2.05, 4.69) is 4.99 Å². The standard InChI is InChI=1S/C24H28N4O5S2/c1-3-15-27-21-14-11-19(28(30)31)16-22(21)34-24(27)25-23(29)17-9-12-20(13-10-17)35(32,33)26(2)18-7-5-4-6-8-18/h9-14,16,18H,3-8,15H2,1-2H3. The summed E-state index contributed by atoms with van der Waals surface area (Å²) in [6.45, 7) is 2.60. The van der Waals surface area contributed by atoms with Crippen molar-refractivity contribution in [3.05, 3.63) is 62.9 Å². The summed E-state index contributed by atoms with van der Waals surface area (Å²) in [5.41, 5.74) is 1.03. The van der Waals surface area contributed by atoms with E-state index in [1.807, 2.05) is 11.5 Å². The monoisotopic (exact) mass is 516 g/mol. The number of hydrogen-bond donors (Lipinski definition) is 0. The predicted molar refractivity (Wildman–Crippen MR) is 135 cm³/mol. The number of sulfonamides is 1. The summed E-state index contributed by atoms with van der Waals surface area (Å²) in [5, 5.41) is 11.1. The van der Waals surface area contributed by atoms with Gasteiger partial charge in [-0.2, -0.15) is 9.30 Å². The van der Waals surface area contributed by atoms with Crippen molar-refractivity contribution < 1.29 is 18.1 Å². The van der Waals surface area contributed by atoms with E-state index in [9.17, 15) is 23.3 Å². The molecular weight excluding hydrogens is 488 g/mol. The number of nitro benzene ring substituents is 1. The van der Waals surface area contributed by atoms with Crippen molar-refractivity contribution >= 4 is 43.2 Å². The van der Waals surface area contributed by atoms with E-state index in [0.717, 1.165) is 44.0 Å². The smallest absolute Gasteiger partial charge is 0.279 e. The molecule has 0 aliphatic heterocycles. The lowest BCUT2D eigenvalue weighted by molar-refractivity contribution is -0.384. The third-order valence-electron chi connectivity index (χ3n) is 6.39. The topological polar surface area (TPSA) is 115 Å². The molecule has 1 amide bonds. The predicted octanol–water partition coefficient (Wildman–Crippen LogP) is 4.72. The maximum atomic E-state index is 13.1. The Hall–Kier alpha value is -2.89. The van der Waals surface area contributed by atoms with E-state index in [0.29, 0.717) is 16.0 Å². The minimum Gasteiger partial charge on any atom is -0.316 e. The van der Waals surface area contributed by atoms with Crippen LogP contribution in [0.25, 0.3) is 10.2 Å². The number of hydrogen-bond acceptors (Lipinski definition) is 6. The largest absolute Gasteiger partial charge is 0.316 e. The molecule has 0 saturated heterocycles. The molecule has 11 heteroatoms. The highest BCUT2D eigenvalue weighted by molar-refractivity contribution is 7.89. The SMILES string of the molecule is CCCn1c(=NC(=O)c2ccc(S(=O)(=O)N(C)C3CCCCC3)cc2)sc2cc([N+](=O)[O-])ccc21. The second-order valence-electron chi connectivity index (χ2n) is 8.70. The lowest BCUT2D eigenvalue weighted by Crippen LogP contribution is -2.38. The van der Waals surface area contributed by atoms with E-state index in [-0.39, 0.29) is 22.2 Å². The second-order valence-corrected chi connectivity index (χ2v) is 11.7. The first-order valence-electron chi connectivity index (χ1n) is 11.7. The molecule has 2 aromatic carbocycles. The highest BCUT2D eigenvalue weighted by atomic mass is 32.2. The maximum absolute atomic E-state index is 13.1. The minimum absolute atomic E-state index is 0.00264. The normalized spacial score (nSPS) is 15.7. The van der Waals surface area contributed by atoms with Crippen molar-refractivity contribution in [3.8, 4) is 0 Å². The van der Waals surface area contributed by atoms with Crippen LogP contribution in [0.15, 0.2) is 52.4 Å². The van der Waals surface area contributed by atoms with Crippen LogP contribution >= 0.6 is 11.3 Å². The highest BCUT2D eigenvalue weighted by Gasteiger charge is 2.29. The first kappa shape index (κ1) is 25.2. The Morgan fingerprint density at radius 3 is 2.49 bits per heavy atom. The Kier molecular flexibility index (Phi) is 7.48. The summed E-state index contributed by atoms with van der Waals surface area (Å²) in [4.78, 5) is 28.5. The molecule has 4 rings (SSSR count). The van der Waals surface area contributed by atoms with Crippen molar-refractivity contribution in [1.29, 1.82) is 0 Å². The number of aryl methyl sites for hydroxylation is 1. The number of amides is 1. The van der Waals surface area contributed by atoms with Crippen molar-refractivity contribution in [2.45, 2.75) is 62.9 Å². The van der Waals surface area contributed by atoms with Gasteiger partial charge in [0.2, 0.25) is 10.0 Å². The molecule has 1 aliphatic rings. The van der Waals surface area contributed by atoms with Gasteiger partial charge in [-0.25, -0.2) is 8.42 Å². The van der Waals surface area contributed by atoms with Crippen molar-refractivity contribution in [1.82, 2.24) is 8.87 Å². The molecule has 1 saturated carbocycles. The van der Waals surface area contributed by atoms with Crippen LogP contribution in [-0.4, -0.2) is 41.2 Å². The quantitative estimate of drug-likeness (QED) is 0.333. The number of carbonyl (C=O) groups excluding carboxylic acids is 1. The minimum atomic E-state index is -3.65. The van der Waals surface area contributed by atoms with Crippen LogP contribution < -0.4 is 4.80 Å². The molecule has 0 bridgehead atoms. The average molecular weight is 517 g/mol. The van der Waals surface area contributed by atoms with Crippen LogP contribution in [0, 0.1) is 10.1 Å². The summed E-state index contributed by atoms with van der Waals surface area (Å²) in [7, 11) is -2.03. The van der Waals surface area contributed by atoms with Crippen LogP contribution in [0.5, 0.6) is 0 Å². The van der Waals surface area contributed by atoms with Crippen LogP contribution in [0.1, 0.15) is 55.8 Å². The van der Waals surface area contributed by atoms with Gasteiger partial charge in [0, 0.05) is 37.3 Å². The number of carbonyl (C=O) groups is 1. The Morgan fingerprint density at radius 2 is 1.86 bits per heavy atom. The van der Waals surface area contributed by atoms with Crippen molar-refractivity contribution in [2.24, 2.45) is 4.99 Å². The van der Waals surface area contributed by atoms with Gasteiger partial charge in [0.25, 0.3) is 11.6 Å². The second kappa shape index (κ2) is 10.4. The molecule has 186 valence electrons. The number of nitro groups is 1. The number of rotatable bonds is 7. The first-order chi connectivity index (χ1) is 16.7. The first-order valence-corrected chi connectivity index (χ1v) is 13.9. The van der Waals surface area contributed by atoms with Gasteiger partial charge in [-0.05, 0) is 49.6 Å².